The highest BCUT2D eigenvalue weighted by atomic mass is 16.5. The summed E-state index contributed by atoms with van der Waals surface area (Å²) in [5, 5.41) is 3.01. The average Bonchev–Trinajstić information content (AvgIpc) is 2.77. The highest BCUT2D eigenvalue weighted by molar-refractivity contribution is 6.01. The molecule has 1 saturated carbocycles. The molecule has 4 rings (SSSR count). The van der Waals surface area contributed by atoms with Crippen molar-refractivity contribution in [3.63, 3.8) is 0 Å². The van der Waals surface area contributed by atoms with Gasteiger partial charge in [0.1, 0.15) is 5.75 Å². The highest BCUT2D eigenvalue weighted by Gasteiger charge is 2.31. The number of nitrogens with zero attached hydrogens (tertiary/aromatic N) is 1. The molecule has 1 unspecified atom stereocenters. The molecule has 2 amide bonds. The van der Waals surface area contributed by atoms with E-state index < -0.39 is 6.10 Å². The number of anilines is 2. The molecule has 1 aliphatic carbocycles. The van der Waals surface area contributed by atoms with E-state index in [1.165, 1.54) is 32.1 Å². The van der Waals surface area contributed by atoms with Crippen LogP contribution in [-0.4, -0.2) is 17.9 Å². The lowest BCUT2D eigenvalue weighted by atomic mass is 9.86. The van der Waals surface area contributed by atoms with Crippen molar-refractivity contribution in [1.29, 1.82) is 0 Å². The molecule has 2 aromatic carbocycles. The van der Waals surface area contributed by atoms with Crippen molar-refractivity contribution in [2.45, 2.75) is 64.5 Å². The molecule has 2 aromatic rings. The molecule has 1 N–H and O–H groups in total. The van der Waals surface area contributed by atoms with Crippen LogP contribution in [0, 0.1) is 5.92 Å². The fourth-order valence-corrected chi connectivity index (χ4v) is 4.45. The largest absolute Gasteiger partial charge is 0.479 e. The Hall–Kier alpha value is -2.82. The molecule has 0 spiro atoms. The van der Waals surface area contributed by atoms with Gasteiger partial charge in [-0.05, 0) is 43.0 Å². The van der Waals surface area contributed by atoms with Gasteiger partial charge in [0, 0.05) is 12.1 Å². The topological polar surface area (TPSA) is 58.6 Å². The molecule has 0 saturated heterocycles. The molecule has 1 aliphatic heterocycles. The lowest BCUT2D eigenvalue weighted by Crippen LogP contribution is -2.44. The standard InChI is InChI=1S/C25H30N2O3/c1-18-25(29)27(17-20-10-6-3-7-11-20)22-16-21(13-14-23(22)30-18)26-24(28)15-12-19-8-4-2-5-9-19/h3,6-7,10-11,13-14,16,18-19H,2,4-5,8-9,12,15,17H2,1H3,(H,26,28). The van der Waals surface area contributed by atoms with Crippen LogP contribution in [0.5, 0.6) is 5.75 Å². The Morgan fingerprint density at radius 1 is 1.10 bits per heavy atom. The van der Waals surface area contributed by atoms with Gasteiger partial charge in [0.25, 0.3) is 5.91 Å². The molecule has 0 bridgehead atoms. The van der Waals surface area contributed by atoms with Gasteiger partial charge in [-0.15, -0.1) is 0 Å². The Bertz CT molecular complexity index is 891. The number of rotatable bonds is 6. The highest BCUT2D eigenvalue weighted by Crippen LogP contribution is 2.37. The van der Waals surface area contributed by atoms with E-state index in [-0.39, 0.29) is 11.8 Å². The van der Waals surface area contributed by atoms with E-state index >= 15 is 0 Å². The van der Waals surface area contributed by atoms with Gasteiger partial charge in [-0.2, -0.15) is 0 Å². The maximum absolute atomic E-state index is 12.8. The Balaban J connectivity index is 1.46. The van der Waals surface area contributed by atoms with Gasteiger partial charge >= 0.3 is 0 Å². The second-order valence-corrected chi connectivity index (χ2v) is 8.44. The molecule has 158 valence electrons. The van der Waals surface area contributed by atoms with E-state index in [0.29, 0.717) is 36.0 Å². The first-order chi connectivity index (χ1) is 14.6. The van der Waals surface area contributed by atoms with Crippen molar-refractivity contribution in [1.82, 2.24) is 0 Å². The molecule has 5 nitrogen and oxygen atoms in total. The van der Waals surface area contributed by atoms with E-state index in [1.807, 2.05) is 48.5 Å². The fraction of sp³-hybridized carbons (Fsp3) is 0.440. The maximum Gasteiger partial charge on any atom is 0.268 e. The number of hydrogen-bond donors (Lipinski definition) is 1. The van der Waals surface area contributed by atoms with Gasteiger partial charge in [0.2, 0.25) is 5.91 Å². The predicted octanol–water partition coefficient (Wildman–Crippen LogP) is 5.30. The predicted molar refractivity (Wildman–Crippen MR) is 119 cm³/mol. The first-order valence-electron chi connectivity index (χ1n) is 11.1. The molecule has 0 radical (unpaired) electrons. The SMILES string of the molecule is CC1Oc2ccc(NC(=O)CCC3CCCCC3)cc2N(Cc2ccccc2)C1=O. The molecule has 1 atom stereocenters. The van der Waals surface area contributed by atoms with E-state index in [2.05, 4.69) is 5.32 Å². The summed E-state index contributed by atoms with van der Waals surface area (Å²) in [5.74, 6) is 1.30. The Kier molecular flexibility index (Phi) is 6.36. The molecular formula is C25H30N2O3. The first-order valence-corrected chi connectivity index (χ1v) is 11.1. The molecular weight excluding hydrogens is 376 g/mol. The number of benzene rings is 2. The van der Waals surface area contributed by atoms with E-state index in [1.54, 1.807) is 11.8 Å². The van der Waals surface area contributed by atoms with Crippen LogP contribution in [0.25, 0.3) is 0 Å². The summed E-state index contributed by atoms with van der Waals surface area (Å²) in [6, 6.07) is 15.4. The Labute approximate surface area is 178 Å². The van der Waals surface area contributed by atoms with Crippen LogP contribution in [0.4, 0.5) is 11.4 Å². The number of carbonyl (C=O) groups excluding carboxylic acids is 2. The van der Waals surface area contributed by atoms with Gasteiger partial charge in [0.15, 0.2) is 6.10 Å². The van der Waals surface area contributed by atoms with Gasteiger partial charge in [-0.1, -0.05) is 62.4 Å². The molecule has 30 heavy (non-hydrogen) atoms. The summed E-state index contributed by atoms with van der Waals surface area (Å²) in [4.78, 5) is 27.1. The van der Waals surface area contributed by atoms with Crippen molar-refractivity contribution >= 4 is 23.2 Å². The average molecular weight is 407 g/mol. The first kappa shape index (κ1) is 20.5. The summed E-state index contributed by atoms with van der Waals surface area (Å²) in [6.07, 6.45) is 7.38. The van der Waals surface area contributed by atoms with Crippen molar-refractivity contribution in [2.24, 2.45) is 5.92 Å². The van der Waals surface area contributed by atoms with E-state index in [9.17, 15) is 9.59 Å². The smallest absolute Gasteiger partial charge is 0.268 e. The lowest BCUT2D eigenvalue weighted by Gasteiger charge is -2.33. The second-order valence-electron chi connectivity index (χ2n) is 8.44. The minimum atomic E-state index is -0.530. The number of hydrogen-bond acceptors (Lipinski definition) is 3. The summed E-state index contributed by atoms with van der Waals surface area (Å²) in [6.45, 7) is 2.24. The number of fused-ring (bicyclic) bond motifs is 1. The van der Waals surface area contributed by atoms with Crippen LogP contribution < -0.4 is 15.0 Å². The van der Waals surface area contributed by atoms with Crippen molar-refractivity contribution in [2.75, 3.05) is 10.2 Å². The van der Waals surface area contributed by atoms with Crippen LogP contribution in [-0.2, 0) is 16.1 Å². The summed E-state index contributed by atoms with van der Waals surface area (Å²) in [5.41, 5.74) is 2.45. The van der Waals surface area contributed by atoms with Crippen LogP contribution in [0.3, 0.4) is 0 Å². The molecule has 1 fully saturated rings. The summed E-state index contributed by atoms with van der Waals surface area (Å²) >= 11 is 0. The minimum Gasteiger partial charge on any atom is -0.479 e. The number of nitrogens with one attached hydrogen (secondary N) is 1. The molecule has 2 aliphatic rings. The van der Waals surface area contributed by atoms with E-state index in [0.717, 1.165) is 12.0 Å². The van der Waals surface area contributed by atoms with Gasteiger partial charge in [-0.3, -0.25) is 9.59 Å². The van der Waals surface area contributed by atoms with Crippen molar-refractivity contribution in [3.8, 4) is 5.75 Å². The fourth-order valence-electron chi connectivity index (χ4n) is 4.45. The third-order valence-electron chi connectivity index (χ3n) is 6.14. The summed E-state index contributed by atoms with van der Waals surface area (Å²) in [7, 11) is 0. The van der Waals surface area contributed by atoms with Crippen LogP contribution in [0.2, 0.25) is 0 Å². The molecule has 1 heterocycles. The number of amides is 2. The zero-order chi connectivity index (χ0) is 20.9. The molecule has 0 aromatic heterocycles. The van der Waals surface area contributed by atoms with Gasteiger partial charge in [-0.25, -0.2) is 0 Å². The third-order valence-corrected chi connectivity index (χ3v) is 6.14. The van der Waals surface area contributed by atoms with Crippen LogP contribution in [0.1, 0.15) is 57.4 Å². The van der Waals surface area contributed by atoms with Crippen LogP contribution >= 0.6 is 0 Å². The van der Waals surface area contributed by atoms with Gasteiger partial charge in [0.05, 0.1) is 12.2 Å². The molecule has 5 heteroatoms. The zero-order valence-electron chi connectivity index (χ0n) is 17.6. The minimum absolute atomic E-state index is 0.0338. The maximum atomic E-state index is 12.8. The van der Waals surface area contributed by atoms with E-state index in [4.69, 9.17) is 4.74 Å². The van der Waals surface area contributed by atoms with Crippen LogP contribution in [0.15, 0.2) is 48.5 Å². The quantitative estimate of drug-likeness (QED) is 0.708. The lowest BCUT2D eigenvalue weighted by molar-refractivity contribution is -0.125. The monoisotopic (exact) mass is 406 g/mol. The normalized spacial score (nSPS) is 19.2. The Morgan fingerprint density at radius 3 is 2.63 bits per heavy atom. The number of ether oxygens (including phenoxy) is 1. The Morgan fingerprint density at radius 2 is 1.87 bits per heavy atom. The number of carbonyl (C=O) groups is 2. The van der Waals surface area contributed by atoms with Crippen molar-refractivity contribution < 1.29 is 14.3 Å². The summed E-state index contributed by atoms with van der Waals surface area (Å²) < 4.78 is 5.79. The second kappa shape index (κ2) is 9.33. The van der Waals surface area contributed by atoms with Crippen molar-refractivity contribution in [3.05, 3.63) is 54.1 Å². The third kappa shape index (κ3) is 4.84. The van der Waals surface area contributed by atoms with Gasteiger partial charge < -0.3 is 15.0 Å². The zero-order valence-corrected chi connectivity index (χ0v) is 17.6.